The number of nitrogens with zero attached hydrogens (tertiary/aromatic N) is 1. The van der Waals surface area contributed by atoms with Crippen LogP contribution >= 0.6 is 23.4 Å². The molecule has 3 aromatic rings. The number of anilines is 1. The Morgan fingerprint density at radius 2 is 2.15 bits per heavy atom. The van der Waals surface area contributed by atoms with Gasteiger partial charge in [0, 0.05) is 22.0 Å². The molecule has 3 N–H and O–H groups in total. The van der Waals surface area contributed by atoms with Gasteiger partial charge in [-0.3, -0.25) is 0 Å². The molecule has 0 bridgehead atoms. The van der Waals surface area contributed by atoms with Gasteiger partial charge in [-0.15, -0.1) is 0 Å². The van der Waals surface area contributed by atoms with Crippen molar-refractivity contribution in [3.05, 3.63) is 52.5 Å². The topological polar surface area (TPSA) is 54.7 Å². The van der Waals surface area contributed by atoms with Gasteiger partial charge in [0.2, 0.25) is 0 Å². The maximum Gasteiger partial charge on any atom is 0.166 e. The number of H-pyrrole nitrogens is 1. The molecule has 0 atom stereocenters. The number of benzene rings is 2. The Kier molecular flexibility index (Phi) is 3.59. The summed E-state index contributed by atoms with van der Waals surface area (Å²) in [5.41, 5.74) is 10.9. The third-order valence-electron chi connectivity index (χ3n) is 3.12. The van der Waals surface area contributed by atoms with Crippen molar-refractivity contribution in [1.82, 2.24) is 9.97 Å². The summed E-state index contributed by atoms with van der Waals surface area (Å²) in [6.45, 7) is 2.07. The highest BCUT2D eigenvalue weighted by molar-refractivity contribution is 7.98. The molecule has 0 unspecified atom stereocenters. The minimum atomic E-state index is 0.699. The molecule has 102 valence electrons. The number of hydrogen-bond donors (Lipinski definition) is 2. The van der Waals surface area contributed by atoms with Crippen LogP contribution in [0, 0.1) is 6.92 Å². The number of nitrogens with one attached hydrogen (secondary N) is 1. The zero-order valence-corrected chi connectivity index (χ0v) is 12.6. The highest BCUT2D eigenvalue weighted by Crippen LogP contribution is 2.30. The minimum Gasteiger partial charge on any atom is -0.398 e. The van der Waals surface area contributed by atoms with E-state index in [-0.39, 0.29) is 0 Å². The normalized spacial score (nSPS) is 11.1. The quantitative estimate of drug-likeness (QED) is 0.557. The van der Waals surface area contributed by atoms with Gasteiger partial charge >= 0.3 is 0 Å². The van der Waals surface area contributed by atoms with E-state index in [0.29, 0.717) is 10.8 Å². The third-order valence-corrected chi connectivity index (χ3v) is 4.38. The Labute approximate surface area is 126 Å². The second-order valence-corrected chi connectivity index (χ2v) is 6.03. The third kappa shape index (κ3) is 2.62. The molecule has 3 rings (SSSR count). The van der Waals surface area contributed by atoms with Crippen LogP contribution in [0.2, 0.25) is 5.02 Å². The standard InChI is InChI=1S/C15H14ClN3S/c1-9-5-6-13-14(7-9)19-15(18-13)20-8-10-11(16)3-2-4-12(10)17/h2-7H,8,17H2,1H3,(H,18,19). The number of nitrogens with two attached hydrogens (primary N) is 1. The van der Waals surface area contributed by atoms with Crippen molar-refractivity contribution in [3.8, 4) is 0 Å². The summed E-state index contributed by atoms with van der Waals surface area (Å²) in [6, 6.07) is 11.8. The highest BCUT2D eigenvalue weighted by Gasteiger charge is 2.08. The minimum absolute atomic E-state index is 0.699. The molecule has 5 heteroatoms. The van der Waals surface area contributed by atoms with E-state index in [2.05, 4.69) is 29.0 Å². The largest absolute Gasteiger partial charge is 0.398 e. The lowest BCUT2D eigenvalue weighted by molar-refractivity contribution is 1.08. The van der Waals surface area contributed by atoms with Crippen LogP contribution in [0.1, 0.15) is 11.1 Å². The number of aryl methyl sites for hydroxylation is 1. The monoisotopic (exact) mass is 303 g/mol. The summed E-state index contributed by atoms with van der Waals surface area (Å²) in [6.07, 6.45) is 0. The summed E-state index contributed by atoms with van der Waals surface area (Å²) < 4.78 is 0. The lowest BCUT2D eigenvalue weighted by atomic mass is 10.2. The zero-order valence-electron chi connectivity index (χ0n) is 11.0. The van der Waals surface area contributed by atoms with Gasteiger partial charge in [0.15, 0.2) is 5.16 Å². The summed E-state index contributed by atoms with van der Waals surface area (Å²) in [4.78, 5) is 7.87. The molecule has 0 saturated carbocycles. The molecule has 20 heavy (non-hydrogen) atoms. The van der Waals surface area contributed by atoms with E-state index >= 15 is 0 Å². The number of fused-ring (bicyclic) bond motifs is 1. The first-order chi connectivity index (χ1) is 9.63. The van der Waals surface area contributed by atoms with E-state index < -0.39 is 0 Å². The van der Waals surface area contributed by atoms with Gasteiger partial charge in [0.05, 0.1) is 11.0 Å². The van der Waals surface area contributed by atoms with E-state index in [4.69, 9.17) is 17.3 Å². The fraction of sp³-hybridized carbons (Fsp3) is 0.133. The molecule has 0 aliphatic heterocycles. The van der Waals surface area contributed by atoms with Crippen molar-refractivity contribution in [3.63, 3.8) is 0 Å². The van der Waals surface area contributed by atoms with E-state index in [0.717, 1.165) is 27.4 Å². The fourth-order valence-corrected chi connectivity index (χ4v) is 3.31. The van der Waals surface area contributed by atoms with Crippen molar-refractivity contribution < 1.29 is 0 Å². The number of imidazole rings is 1. The number of rotatable bonds is 3. The Balaban J connectivity index is 1.83. The van der Waals surface area contributed by atoms with Crippen molar-refractivity contribution in [1.29, 1.82) is 0 Å². The van der Waals surface area contributed by atoms with Crippen LogP contribution in [-0.4, -0.2) is 9.97 Å². The maximum absolute atomic E-state index is 6.17. The van der Waals surface area contributed by atoms with Crippen molar-refractivity contribution in [2.45, 2.75) is 17.8 Å². The SMILES string of the molecule is Cc1ccc2nc(SCc3c(N)cccc3Cl)[nH]c2c1. The summed E-state index contributed by atoms with van der Waals surface area (Å²) in [7, 11) is 0. The average Bonchev–Trinajstić information content (AvgIpc) is 2.80. The second-order valence-electron chi connectivity index (χ2n) is 4.66. The molecule has 0 aliphatic rings. The van der Waals surface area contributed by atoms with Crippen LogP contribution in [-0.2, 0) is 5.75 Å². The smallest absolute Gasteiger partial charge is 0.166 e. The first-order valence-electron chi connectivity index (χ1n) is 6.25. The molecule has 2 aromatic carbocycles. The molecule has 0 saturated heterocycles. The van der Waals surface area contributed by atoms with Gasteiger partial charge in [-0.2, -0.15) is 0 Å². The van der Waals surface area contributed by atoms with E-state index in [1.54, 1.807) is 11.8 Å². The van der Waals surface area contributed by atoms with Crippen LogP contribution in [0.5, 0.6) is 0 Å². The number of nitrogen functional groups attached to an aromatic ring is 1. The summed E-state index contributed by atoms with van der Waals surface area (Å²) >= 11 is 7.77. The lowest BCUT2D eigenvalue weighted by Crippen LogP contribution is -1.93. The number of hydrogen-bond acceptors (Lipinski definition) is 3. The molecule has 1 aromatic heterocycles. The first kappa shape index (κ1) is 13.3. The zero-order chi connectivity index (χ0) is 14.1. The predicted molar refractivity (Wildman–Crippen MR) is 86.3 cm³/mol. The van der Waals surface area contributed by atoms with Gasteiger partial charge in [-0.25, -0.2) is 4.98 Å². The van der Waals surface area contributed by atoms with E-state index in [9.17, 15) is 0 Å². The van der Waals surface area contributed by atoms with Crippen molar-refractivity contribution in [2.75, 3.05) is 5.73 Å². The number of aromatic nitrogens is 2. The summed E-state index contributed by atoms with van der Waals surface area (Å²) in [5, 5.41) is 1.58. The van der Waals surface area contributed by atoms with Crippen LogP contribution in [0.3, 0.4) is 0 Å². The molecule has 3 nitrogen and oxygen atoms in total. The maximum atomic E-state index is 6.17. The van der Waals surface area contributed by atoms with Gasteiger partial charge in [0.1, 0.15) is 0 Å². The Bertz CT molecular complexity index is 747. The molecule has 0 amide bonds. The molecular weight excluding hydrogens is 290 g/mol. The Morgan fingerprint density at radius 3 is 2.95 bits per heavy atom. The lowest BCUT2D eigenvalue weighted by Gasteiger charge is -2.06. The van der Waals surface area contributed by atoms with Crippen molar-refractivity contribution in [2.24, 2.45) is 0 Å². The average molecular weight is 304 g/mol. The van der Waals surface area contributed by atoms with Crippen molar-refractivity contribution >= 4 is 40.1 Å². The molecule has 0 fully saturated rings. The molecule has 0 spiro atoms. The number of aromatic amines is 1. The van der Waals surface area contributed by atoms with Crippen LogP contribution in [0.15, 0.2) is 41.6 Å². The molecule has 1 heterocycles. The van der Waals surface area contributed by atoms with Gasteiger partial charge in [-0.05, 0) is 36.8 Å². The van der Waals surface area contributed by atoms with E-state index in [1.807, 2.05) is 24.3 Å². The molecule has 0 radical (unpaired) electrons. The highest BCUT2D eigenvalue weighted by atomic mass is 35.5. The number of halogens is 1. The molecule has 0 aliphatic carbocycles. The predicted octanol–water partition coefficient (Wildman–Crippen LogP) is 4.40. The Hall–Kier alpha value is -1.65. The Morgan fingerprint density at radius 1 is 1.30 bits per heavy atom. The van der Waals surface area contributed by atoms with Gasteiger partial charge < -0.3 is 10.7 Å². The second kappa shape index (κ2) is 5.38. The van der Waals surface area contributed by atoms with Gasteiger partial charge in [0.25, 0.3) is 0 Å². The van der Waals surface area contributed by atoms with Crippen LogP contribution < -0.4 is 5.73 Å². The first-order valence-corrected chi connectivity index (χ1v) is 7.62. The fourth-order valence-electron chi connectivity index (χ4n) is 2.04. The van der Waals surface area contributed by atoms with Gasteiger partial charge in [-0.1, -0.05) is 35.5 Å². The van der Waals surface area contributed by atoms with Crippen LogP contribution in [0.4, 0.5) is 5.69 Å². The summed E-state index contributed by atoms with van der Waals surface area (Å²) in [5.74, 6) is 0.699. The number of thioether (sulfide) groups is 1. The molecular formula is C15H14ClN3S. The van der Waals surface area contributed by atoms with Crippen LogP contribution in [0.25, 0.3) is 11.0 Å². The van der Waals surface area contributed by atoms with E-state index in [1.165, 1.54) is 5.56 Å².